The van der Waals surface area contributed by atoms with E-state index in [1.165, 1.54) is 10.4 Å². The minimum Gasteiger partial charge on any atom is -0.350 e. The predicted octanol–water partition coefficient (Wildman–Crippen LogP) is 2.91. The third-order valence-electron chi connectivity index (χ3n) is 2.93. The number of nitrogens with two attached hydrogens (primary N) is 1. The number of aromatic nitrogens is 1. The number of hydrogen-bond donors (Lipinski definition) is 2. The van der Waals surface area contributed by atoms with Crippen LogP contribution in [0.15, 0.2) is 42.7 Å². The molecule has 2 aromatic heterocycles. The fourth-order valence-electron chi connectivity index (χ4n) is 1.80. The van der Waals surface area contributed by atoms with Gasteiger partial charge in [-0.25, -0.2) is 4.79 Å². The maximum absolute atomic E-state index is 10.8. The number of hydroxylamine groups is 2. The van der Waals surface area contributed by atoms with Crippen LogP contribution >= 0.6 is 11.3 Å². The van der Waals surface area contributed by atoms with Gasteiger partial charge in [0.1, 0.15) is 0 Å². The van der Waals surface area contributed by atoms with Crippen molar-refractivity contribution in [3.63, 3.8) is 0 Å². The second-order valence-corrected chi connectivity index (χ2v) is 5.82. The van der Waals surface area contributed by atoms with E-state index in [0.717, 1.165) is 11.3 Å². The van der Waals surface area contributed by atoms with E-state index in [2.05, 4.69) is 11.1 Å². The molecule has 0 unspecified atom stereocenters. The number of primary amides is 1. The molecule has 0 saturated carbocycles. The summed E-state index contributed by atoms with van der Waals surface area (Å²) < 4.78 is 0. The summed E-state index contributed by atoms with van der Waals surface area (Å²) in [6, 6.07) is 6.70. The molecule has 0 aromatic carbocycles. The van der Waals surface area contributed by atoms with Crippen molar-refractivity contribution < 1.29 is 10.0 Å². The molecule has 5 nitrogen and oxygen atoms in total. The van der Waals surface area contributed by atoms with Gasteiger partial charge in [-0.2, -0.15) is 5.06 Å². The molecule has 0 aliphatic heterocycles. The molecule has 21 heavy (non-hydrogen) atoms. The Morgan fingerprint density at radius 1 is 1.52 bits per heavy atom. The fraction of sp³-hybridized carbons (Fsp3) is 0.200. The molecule has 2 rings (SSSR count). The van der Waals surface area contributed by atoms with E-state index < -0.39 is 12.1 Å². The molecular weight excluding hydrogens is 286 g/mol. The summed E-state index contributed by atoms with van der Waals surface area (Å²) in [6.45, 7) is 1.69. The smallest absolute Gasteiger partial charge is 0.339 e. The first-order valence-electron chi connectivity index (χ1n) is 6.49. The van der Waals surface area contributed by atoms with Crippen LogP contribution in [0.25, 0.3) is 6.08 Å². The predicted molar refractivity (Wildman–Crippen MR) is 83.1 cm³/mol. The van der Waals surface area contributed by atoms with Crippen molar-refractivity contribution >= 4 is 23.4 Å². The maximum atomic E-state index is 10.8. The van der Waals surface area contributed by atoms with Crippen molar-refractivity contribution in [2.24, 2.45) is 5.73 Å². The Kier molecular flexibility index (Phi) is 5.08. The van der Waals surface area contributed by atoms with E-state index in [1.54, 1.807) is 30.5 Å². The summed E-state index contributed by atoms with van der Waals surface area (Å²) in [5.41, 5.74) is 6.16. The number of carbonyl (C=O) groups is 1. The molecule has 0 aliphatic rings. The highest BCUT2D eigenvalue weighted by Crippen LogP contribution is 2.21. The van der Waals surface area contributed by atoms with Gasteiger partial charge in [0, 0.05) is 28.6 Å². The lowest BCUT2D eigenvalue weighted by Gasteiger charge is -2.16. The van der Waals surface area contributed by atoms with Crippen LogP contribution in [-0.4, -0.2) is 27.3 Å². The Morgan fingerprint density at radius 2 is 2.33 bits per heavy atom. The number of rotatable bonds is 5. The number of carbonyl (C=O) groups excluding carboxylic acids is 1. The summed E-state index contributed by atoms with van der Waals surface area (Å²) in [6.07, 6.45) is 8.05. The first kappa shape index (κ1) is 15.2. The summed E-state index contributed by atoms with van der Waals surface area (Å²) >= 11 is 1.66. The molecule has 0 saturated heterocycles. The minimum atomic E-state index is -0.865. The van der Waals surface area contributed by atoms with Crippen molar-refractivity contribution in [2.75, 3.05) is 0 Å². The Bertz CT molecular complexity index is 625. The molecule has 2 aromatic rings. The molecule has 0 radical (unpaired) electrons. The van der Waals surface area contributed by atoms with Crippen molar-refractivity contribution in [3.8, 4) is 0 Å². The van der Waals surface area contributed by atoms with Gasteiger partial charge in [-0.05, 0) is 36.8 Å². The van der Waals surface area contributed by atoms with Crippen LogP contribution in [0.3, 0.4) is 0 Å². The number of amides is 2. The third-order valence-corrected chi connectivity index (χ3v) is 3.98. The second-order valence-electron chi connectivity index (χ2n) is 4.62. The van der Waals surface area contributed by atoms with E-state index in [-0.39, 0.29) is 0 Å². The SMILES string of the molecule is C[C@H](C=Cc1ccc(Cc2cccnc2)s1)N(O)C(N)=O. The van der Waals surface area contributed by atoms with Gasteiger partial charge in [-0.3, -0.25) is 10.2 Å². The average Bonchev–Trinajstić information content (AvgIpc) is 2.92. The van der Waals surface area contributed by atoms with Gasteiger partial charge in [0.2, 0.25) is 0 Å². The van der Waals surface area contributed by atoms with Gasteiger partial charge >= 0.3 is 6.03 Å². The molecule has 1 atom stereocenters. The molecule has 0 spiro atoms. The fourth-order valence-corrected chi connectivity index (χ4v) is 2.76. The second kappa shape index (κ2) is 7.01. The van der Waals surface area contributed by atoms with Crippen molar-refractivity contribution in [3.05, 3.63) is 58.1 Å². The molecule has 110 valence electrons. The van der Waals surface area contributed by atoms with E-state index in [4.69, 9.17) is 5.73 Å². The average molecular weight is 303 g/mol. The topological polar surface area (TPSA) is 79.4 Å². The summed E-state index contributed by atoms with van der Waals surface area (Å²) in [4.78, 5) is 17.2. The zero-order valence-electron chi connectivity index (χ0n) is 11.6. The highest BCUT2D eigenvalue weighted by atomic mass is 32.1. The molecular formula is C15H17N3O2S. The van der Waals surface area contributed by atoms with Gasteiger partial charge < -0.3 is 5.73 Å². The first-order chi connectivity index (χ1) is 10.1. The zero-order chi connectivity index (χ0) is 15.2. The van der Waals surface area contributed by atoms with Crippen molar-refractivity contribution in [1.29, 1.82) is 0 Å². The van der Waals surface area contributed by atoms with Crippen LogP contribution in [-0.2, 0) is 6.42 Å². The highest BCUT2D eigenvalue weighted by Gasteiger charge is 2.11. The number of hydrogen-bond acceptors (Lipinski definition) is 4. The molecule has 2 heterocycles. The normalized spacial score (nSPS) is 12.5. The standard InChI is InChI=1S/C15H17N3O2S/c1-11(18(20)15(16)19)4-5-13-6-7-14(21-13)9-12-3-2-8-17-10-12/h2-8,10-11,20H,9H2,1H3,(H2,16,19)/t11-/m1/s1. The maximum Gasteiger partial charge on any atom is 0.339 e. The van der Waals surface area contributed by atoms with Crippen LogP contribution in [0, 0.1) is 0 Å². The highest BCUT2D eigenvalue weighted by molar-refractivity contribution is 7.12. The number of thiophene rings is 1. The Labute approximate surface area is 127 Å². The molecule has 6 heteroatoms. The molecule has 0 aliphatic carbocycles. The van der Waals surface area contributed by atoms with Gasteiger partial charge in [-0.1, -0.05) is 12.1 Å². The number of pyridine rings is 1. The molecule has 2 amide bonds. The Morgan fingerprint density at radius 3 is 3.00 bits per heavy atom. The van der Waals surface area contributed by atoms with Crippen LogP contribution in [0.5, 0.6) is 0 Å². The van der Waals surface area contributed by atoms with Crippen LogP contribution < -0.4 is 5.73 Å². The quantitative estimate of drug-likeness (QED) is 0.658. The lowest BCUT2D eigenvalue weighted by Crippen LogP contribution is -2.38. The lowest BCUT2D eigenvalue weighted by molar-refractivity contribution is -0.0560. The number of nitrogens with zero attached hydrogens (tertiary/aromatic N) is 2. The molecule has 3 N–H and O–H groups in total. The summed E-state index contributed by atoms with van der Waals surface area (Å²) in [5, 5.41) is 9.88. The zero-order valence-corrected chi connectivity index (χ0v) is 12.5. The van der Waals surface area contributed by atoms with E-state index >= 15 is 0 Å². The van der Waals surface area contributed by atoms with Gasteiger partial charge in [0.05, 0.1) is 6.04 Å². The van der Waals surface area contributed by atoms with Gasteiger partial charge in [-0.15, -0.1) is 11.3 Å². The first-order valence-corrected chi connectivity index (χ1v) is 7.31. The van der Waals surface area contributed by atoms with E-state index in [0.29, 0.717) is 5.06 Å². The van der Waals surface area contributed by atoms with Crippen LogP contribution in [0.4, 0.5) is 4.79 Å². The summed E-state index contributed by atoms with van der Waals surface area (Å²) in [5.74, 6) is 0. The van der Waals surface area contributed by atoms with Gasteiger partial charge in [0.15, 0.2) is 0 Å². The van der Waals surface area contributed by atoms with Crippen molar-refractivity contribution in [2.45, 2.75) is 19.4 Å². The van der Waals surface area contributed by atoms with E-state index in [9.17, 15) is 10.0 Å². The van der Waals surface area contributed by atoms with Gasteiger partial charge in [0.25, 0.3) is 0 Å². The molecule has 0 fully saturated rings. The Hall–Kier alpha value is -2.18. The largest absolute Gasteiger partial charge is 0.350 e. The van der Waals surface area contributed by atoms with E-state index in [1.807, 2.05) is 30.5 Å². The number of urea groups is 1. The monoisotopic (exact) mass is 303 g/mol. The summed E-state index contributed by atoms with van der Waals surface area (Å²) in [7, 11) is 0. The van der Waals surface area contributed by atoms with Crippen LogP contribution in [0.2, 0.25) is 0 Å². The third kappa shape index (κ3) is 4.40. The minimum absolute atomic E-state index is 0.466. The molecule has 0 bridgehead atoms. The lowest BCUT2D eigenvalue weighted by atomic mass is 10.2. The van der Waals surface area contributed by atoms with Crippen LogP contribution in [0.1, 0.15) is 22.2 Å². The van der Waals surface area contributed by atoms with Crippen molar-refractivity contribution in [1.82, 2.24) is 10.0 Å². The Balaban J connectivity index is 1.98.